The van der Waals surface area contributed by atoms with Crippen LogP contribution in [0.15, 0.2) is 18.2 Å². The smallest absolute Gasteiger partial charge is 0.139 e. The van der Waals surface area contributed by atoms with Crippen molar-refractivity contribution >= 4 is 19.0 Å². The van der Waals surface area contributed by atoms with Gasteiger partial charge in [0.1, 0.15) is 13.7 Å². The van der Waals surface area contributed by atoms with E-state index in [4.69, 9.17) is 0 Å². The van der Waals surface area contributed by atoms with Crippen molar-refractivity contribution < 1.29 is 4.39 Å². The van der Waals surface area contributed by atoms with Crippen LogP contribution in [0.4, 0.5) is 10.1 Å². The second-order valence-electron chi connectivity index (χ2n) is 2.27. The Morgan fingerprint density at radius 1 is 1.40 bits per heavy atom. The molecule has 0 unspecified atom stereocenters. The van der Waals surface area contributed by atoms with Crippen molar-refractivity contribution in [3.63, 3.8) is 0 Å². The Kier molecular flexibility index (Phi) is 1.95. The molecule has 0 atom stereocenters. The Morgan fingerprint density at radius 3 is 2.60 bits per heavy atom. The second kappa shape index (κ2) is 2.73. The van der Waals surface area contributed by atoms with Crippen molar-refractivity contribution in [1.82, 2.24) is 0 Å². The van der Waals surface area contributed by atoms with Gasteiger partial charge in [-0.15, -0.1) is 0 Å². The molecule has 0 aliphatic rings. The molecular weight excluding hydrogens is 128 g/mol. The van der Waals surface area contributed by atoms with E-state index in [2.05, 4.69) is 5.32 Å². The van der Waals surface area contributed by atoms with Crippen LogP contribution in [-0.4, -0.2) is 14.9 Å². The zero-order chi connectivity index (χ0) is 7.56. The van der Waals surface area contributed by atoms with Crippen LogP contribution in [0.2, 0.25) is 0 Å². The molecule has 1 N–H and O–H groups in total. The van der Waals surface area contributed by atoms with Crippen LogP contribution in [0.1, 0.15) is 0 Å². The third-order valence-corrected chi connectivity index (χ3v) is 1.33. The lowest BCUT2D eigenvalue weighted by atomic mass is 9.96. The predicted octanol–water partition coefficient (Wildman–Crippen LogP) is 0.126. The molecule has 1 rings (SSSR count). The second-order valence-corrected chi connectivity index (χ2v) is 2.27. The average molecular weight is 137 g/mol. The minimum Gasteiger partial charge on any atom is -0.388 e. The molecule has 0 amide bonds. The molecule has 0 spiro atoms. The summed E-state index contributed by atoms with van der Waals surface area (Å²) in [6.07, 6.45) is 0. The number of nitrogens with one attached hydrogen (secondary N) is 1. The highest BCUT2D eigenvalue weighted by atomic mass is 19.1. The number of benzene rings is 1. The fraction of sp³-hybridized carbons (Fsp3) is 0.143. The molecule has 0 saturated carbocycles. The van der Waals surface area contributed by atoms with E-state index in [1.165, 1.54) is 12.1 Å². The van der Waals surface area contributed by atoms with Gasteiger partial charge in [0, 0.05) is 12.7 Å². The van der Waals surface area contributed by atoms with Gasteiger partial charge in [0.15, 0.2) is 0 Å². The first kappa shape index (κ1) is 7.13. The number of rotatable bonds is 1. The predicted molar refractivity (Wildman–Crippen MR) is 44.1 cm³/mol. The van der Waals surface area contributed by atoms with Crippen molar-refractivity contribution in [2.45, 2.75) is 0 Å². The van der Waals surface area contributed by atoms with E-state index in [9.17, 15) is 4.39 Å². The van der Waals surface area contributed by atoms with Crippen LogP contribution in [0.25, 0.3) is 0 Å². The normalized spacial score (nSPS) is 9.40. The molecule has 0 aromatic heterocycles. The van der Waals surface area contributed by atoms with Crippen LogP contribution >= 0.6 is 0 Å². The van der Waals surface area contributed by atoms with Crippen LogP contribution in [0.5, 0.6) is 0 Å². The zero-order valence-corrected chi connectivity index (χ0v) is 6.11. The summed E-state index contributed by atoms with van der Waals surface area (Å²) in [4.78, 5) is 0. The number of halogens is 1. The SMILES string of the molecule is Bc1cc(F)cc(NC)c1. The molecule has 3 heteroatoms. The highest BCUT2D eigenvalue weighted by Gasteiger charge is 1.93. The number of anilines is 1. The summed E-state index contributed by atoms with van der Waals surface area (Å²) in [6.45, 7) is 0. The van der Waals surface area contributed by atoms with E-state index in [0.717, 1.165) is 11.2 Å². The van der Waals surface area contributed by atoms with Gasteiger partial charge in [0.2, 0.25) is 0 Å². The molecule has 0 heterocycles. The van der Waals surface area contributed by atoms with E-state index in [0.29, 0.717) is 0 Å². The largest absolute Gasteiger partial charge is 0.388 e. The minimum absolute atomic E-state index is 0.190. The van der Waals surface area contributed by atoms with Crippen LogP contribution in [0.3, 0.4) is 0 Å². The average Bonchev–Trinajstić information content (AvgIpc) is 1.85. The Morgan fingerprint density at radius 2 is 2.10 bits per heavy atom. The molecule has 52 valence electrons. The highest BCUT2D eigenvalue weighted by molar-refractivity contribution is 6.32. The van der Waals surface area contributed by atoms with Crippen LogP contribution in [-0.2, 0) is 0 Å². The zero-order valence-electron chi connectivity index (χ0n) is 6.11. The molecule has 0 radical (unpaired) electrons. The molecule has 0 aliphatic heterocycles. The van der Waals surface area contributed by atoms with Gasteiger partial charge in [-0.3, -0.25) is 0 Å². The Balaban J connectivity index is 3.06. The van der Waals surface area contributed by atoms with Crippen molar-refractivity contribution in [2.75, 3.05) is 12.4 Å². The van der Waals surface area contributed by atoms with Gasteiger partial charge < -0.3 is 5.32 Å². The fourth-order valence-electron chi connectivity index (χ4n) is 0.881. The summed E-state index contributed by atoms with van der Waals surface area (Å²) < 4.78 is 12.6. The Bertz CT molecular complexity index is 217. The topological polar surface area (TPSA) is 12.0 Å². The summed E-state index contributed by atoms with van der Waals surface area (Å²) in [7, 11) is 3.64. The van der Waals surface area contributed by atoms with Gasteiger partial charge in [-0.1, -0.05) is 5.46 Å². The number of hydrogen-bond acceptors (Lipinski definition) is 1. The summed E-state index contributed by atoms with van der Waals surface area (Å²) >= 11 is 0. The molecule has 0 saturated heterocycles. The van der Waals surface area contributed by atoms with Gasteiger partial charge in [0.25, 0.3) is 0 Å². The first-order chi connectivity index (χ1) is 4.72. The number of hydrogen-bond donors (Lipinski definition) is 1. The van der Waals surface area contributed by atoms with Gasteiger partial charge >= 0.3 is 0 Å². The Labute approximate surface area is 60.7 Å². The first-order valence-corrected chi connectivity index (χ1v) is 3.17. The fourth-order valence-corrected chi connectivity index (χ4v) is 0.881. The molecule has 1 aromatic rings. The summed E-state index contributed by atoms with van der Waals surface area (Å²) in [5.41, 5.74) is 1.75. The summed E-state index contributed by atoms with van der Waals surface area (Å²) in [6, 6.07) is 4.86. The minimum atomic E-state index is -0.190. The summed E-state index contributed by atoms with van der Waals surface area (Å²) in [5.74, 6) is -0.190. The van der Waals surface area contributed by atoms with E-state index in [1.54, 1.807) is 7.05 Å². The molecule has 1 nitrogen and oxygen atoms in total. The lowest BCUT2D eigenvalue weighted by Crippen LogP contribution is -2.04. The lowest BCUT2D eigenvalue weighted by molar-refractivity contribution is 0.629. The maximum Gasteiger partial charge on any atom is 0.139 e. The molecular formula is C7H9BFN. The van der Waals surface area contributed by atoms with Gasteiger partial charge in [-0.05, 0) is 18.2 Å². The van der Waals surface area contributed by atoms with Crippen molar-refractivity contribution in [3.8, 4) is 0 Å². The summed E-state index contributed by atoms with van der Waals surface area (Å²) in [5, 5.41) is 2.87. The molecule has 0 bridgehead atoms. The van der Waals surface area contributed by atoms with Crippen LogP contribution < -0.4 is 10.8 Å². The molecule has 0 fully saturated rings. The molecule has 10 heavy (non-hydrogen) atoms. The van der Waals surface area contributed by atoms with Gasteiger partial charge in [-0.25, -0.2) is 4.39 Å². The van der Waals surface area contributed by atoms with Crippen molar-refractivity contribution in [3.05, 3.63) is 24.0 Å². The molecule has 1 aromatic carbocycles. The van der Waals surface area contributed by atoms with E-state index in [-0.39, 0.29) is 5.82 Å². The standard InChI is InChI=1S/C7H9BFN/c1-10-7-3-5(8)2-6(9)4-7/h2-4,10H,8H2,1H3. The quantitative estimate of drug-likeness (QED) is 0.542. The van der Waals surface area contributed by atoms with E-state index >= 15 is 0 Å². The highest BCUT2D eigenvalue weighted by Crippen LogP contribution is 2.04. The van der Waals surface area contributed by atoms with E-state index < -0.39 is 0 Å². The monoisotopic (exact) mass is 137 g/mol. The third kappa shape index (κ3) is 1.50. The lowest BCUT2D eigenvalue weighted by Gasteiger charge is -2.00. The third-order valence-electron chi connectivity index (χ3n) is 1.33. The maximum atomic E-state index is 12.6. The molecule has 0 aliphatic carbocycles. The maximum absolute atomic E-state index is 12.6. The van der Waals surface area contributed by atoms with Crippen molar-refractivity contribution in [1.29, 1.82) is 0 Å². The Hall–Kier alpha value is -0.985. The van der Waals surface area contributed by atoms with Gasteiger partial charge in [0.05, 0.1) is 0 Å². The van der Waals surface area contributed by atoms with E-state index in [1.807, 2.05) is 13.9 Å². The van der Waals surface area contributed by atoms with Crippen LogP contribution in [0, 0.1) is 5.82 Å². The van der Waals surface area contributed by atoms with Crippen molar-refractivity contribution in [2.24, 2.45) is 0 Å². The first-order valence-electron chi connectivity index (χ1n) is 3.17. The van der Waals surface area contributed by atoms with Gasteiger partial charge in [-0.2, -0.15) is 0 Å².